The molecule has 0 unspecified atom stereocenters. The number of benzene rings is 2. The Balaban J connectivity index is 1.79. The molecule has 5 heteroatoms. The molecular weight excluding hydrogens is 297 g/mol. The van der Waals surface area contributed by atoms with Crippen molar-refractivity contribution in [3.63, 3.8) is 0 Å². The van der Waals surface area contributed by atoms with Crippen molar-refractivity contribution in [3.05, 3.63) is 58.9 Å². The molecule has 20 heavy (non-hydrogen) atoms. The molecule has 2 aromatic carbocycles. The minimum Gasteiger partial charge on any atom is -0.300 e. The van der Waals surface area contributed by atoms with Crippen molar-refractivity contribution in [2.45, 2.75) is 12.5 Å². The smallest absolute Gasteiger partial charge is 0.131 e. The Hall–Kier alpha value is -1.07. The summed E-state index contributed by atoms with van der Waals surface area (Å²) in [6.45, 7) is 0.704. The molecule has 1 fully saturated rings. The Morgan fingerprint density at radius 2 is 2.05 bits per heavy atom. The van der Waals surface area contributed by atoms with Gasteiger partial charge in [-0.3, -0.25) is 4.18 Å². The van der Waals surface area contributed by atoms with E-state index >= 15 is 0 Å². The van der Waals surface area contributed by atoms with Gasteiger partial charge in [0.15, 0.2) is 0 Å². The summed E-state index contributed by atoms with van der Waals surface area (Å²) in [5.74, 6) is -0.260. The number of nitrogens with one attached hydrogen (secondary N) is 1. The first-order valence-electron chi connectivity index (χ1n) is 6.31. The quantitative estimate of drug-likeness (QED) is 0.677. The van der Waals surface area contributed by atoms with E-state index in [1.165, 1.54) is 23.9 Å². The van der Waals surface area contributed by atoms with Gasteiger partial charge < -0.3 is 0 Å². The molecule has 2 aromatic rings. The topological polar surface area (TPSA) is 21.3 Å². The highest BCUT2D eigenvalue weighted by Gasteiger charge is 2.16. The number of halogens is 2. The van der Waals surface area contributed by atoms with E-state index in [0.717, 1.165) is 12.0 Å². The summed E-state index contributed by atoms with van der Waals surface area (Å²) in [4.78, 5) is 0. The highest BCUT2D eigenvalue weighted by Crippen LogP contribution is 2.26. The van der Waals surface area contributed by atoms with Crippen molar-refractivity contribution in [3.8, 4) is 11.1 Å². The van der Waals surface area contributed by atoms with Crippen LogP contribution in [-0.4, -0.2) is 12.6 Å². The fraction of sp³-hybridized carbons (Fsp3) is 0.200. The van der Waals surface area contributed by atoms with Crippen molar-refractivity contribution in [1.82, 2.24) is 4.72 Å². The Morgan fingerprint density at radius 1 is 1.25 bits per heavy atom. The molecule has 0 spiro atoms. The molecule has 0 aliphatic carbocycles. The second-order valence-electron chi connectivity index (χ2n) is 4.71. The van der Waals surface area contributed by atoms with Gasteiger partial charge in [-0.25, -0.2) is 9.11 Å². The number of hydrogen-bond acceptors (Lipinski definition) is 3. The third-order valence-corrected chi connectivity index (χ3v) is 4.14. The summed E-state index contributed by atoms with van der Waals surface area (Å²) in [6.07, 6.45) is 0.894. The molecule has 1 saturated heterocycles. The Morgan fingerprint density at radius 3 is 2.75 bits per heavy atom. The highest BCUT2D eigenvalue weighted by atomic mass is 35.5. The normalized spacial score (nSPS) is 18.4. The van der Waals surface area contributed by atoms with E-state index in [0.29, 0.717) is 23.2 Å². The average molecular weight is 310 g/mol. The Labute approximate surface area is 126 Å². The number of hydrogen-bond donors (Lipinski definition) is 1. The van der Waals surface area contributed by atoms with E-state index in [1.807, 2.05) is 24.3 Å². The fourth-order valence-corrected chi connectivity index (χ4v) is 2.94. The molecule has 1 aliphatic heterocycles. The van der Waals surface area contributed by atoms with Gasteiger partial charge in [-0.05, 0) is 35.7 Å². The van der Waals surface area contributed by atoms with E-state index in [2.05, 4.69) is 4.72 Å². The maximum absolute atomic E-state index is 13.8. The first kappa shape index (κ1) is 13.9. The van der Waals surface area contributed by atoms with Crippen LogP contribution in [0.15, 0.2) is 42.5 Å². The molecule has 104 valence electrons. The van der Waals surface area contributed by atoms with Crippen LogP contribution in [0, 0.1) is 5.82 Å². The average Bonchev–Trinajstić information content (AvgIpc) is 2.95. The van der Waals surface area contributed by atoms with Gasteiger partial charge in [-0.15, -0.1) is 0 Å². The van der Waals surface area contributed by atoms with Gasteiger partial charge in [0.2, 0.25) is 0 Å². The third-order valence-electron chi connectivity index (χ3n) is 3.22. The molecular formula is C15H13ClFNOS. The molecule has 1 heterocycles. The second-order valence-corrected chi connectivity index (χ2v) is 5.78. The maximum atomic E-state index is 13.8. The Kier molecular flexibility index (Phi) is 4.27. The molecule has 0 saturated carbocycles. The first-order valence-corrected chi connectivity index (χ1v) is 7.43. The first-order chi connectivity index (χ1) is 9.72. The van der Waals surface area contributed by atoms with Gasteiger partial charge in [-0.1, -0.05) is 35.9 Å². The summed E-state index contributed by atoms with van der Waals surface area (Å²) < 4.78 is 22.2. The minimum absolute atomic E-state index is 0.260. The van der Waals surface area contributed by atoms with Crippen LogP contribution in [0.25, 0.3) is 11.1 Å². The van der Waals surface area contributed by atoms with Crippen molar-refractivity contribution in [2.24, 2.45) is 0 Å². The van der Waals surface area contributed by atoms with E-state index in [-0.39, 0.29) is 5.82 Å². The number of rotatable bonds is 3. The largest absolute Gasteiger partial charge is 0.300 e. The van der Waals surface area contributed by atoms with E-state index < -0.39 is 0 Å². The second kappa shape index (κ2) is 6.14. The van der Waals surface area contributed by atoms with E-state index in [9.17, 15) is 4.39 Å². The molecule has 0 radical (unpaired) electrons. The maximum Gasteiger partial charge on any atom is 0.131 e. The van der Waals surface area contributed by atoms with Crippen LogP contribution in [0.5, 0.6) is 0 Å². The lowest BCUT2D eigenvalue weighted by atomic mass is 10.0. The lowest BCUT2D eigenvalue weighted by Gasteiger charge is -2.09. The van der Waals surface area contributed by atoms with Gasteiger partial charge in [0.25, 0.3) is 0 Å². The molecule has 0 aromatic heterocycles. The molecule has 0 bridgehead atoms. The van der Waals surface area contributed by atoms with Crippen molar-refractivity contribution in [1.29, 1.82) is 0 Å². The van der Waals surface area contributed by atoms with E-state index in [1.54, 1.807) is 12.1 Å². The van der Waals surface area contributed by atoms with Gasteiger partial charge in [0.1, 0.15) is 5.82 Å². The fourth-order valence-electron chi connectivity index (χ4n) is 2.18. The summed E-state index contributed by atoms with van der Waals surface area (Å²) in [5.41, 5.74) is 2.56. The standard InChI is InChI=1S/C15H13ClFNOS/c16-12-5-6-15(17)14(8-12)11-3-1-10(2-4-11)7-13-9-19-20-18-13/h1-6,8,13,18H,7,9H2/t13-/m1/s1. The van der Waals surface area contributed by atoms with Crippen LogP contribution in [-0.2, 0) is 10.6 Å². The third kappa shape index (κ3) is 3.15. The summed E-state index contributed by atoms with van der Waals surface area (Å²) in [6, 6.07) is 12.8. The molecule has 1 aliphatic rings. The van der Waals surface area contributed by atoms with Crippen molar-refractivity contribution < 1.29 is 8.57 Å². The lowest BCUT2D eigenvalue weighted by molar-refractivity contribution is 0.369. The monoisotopic (exact) mass is 309 g/mol. The van der Waals surface area contributed by atoms with Gasteiger partial charge in [-0.2, -0.15) is 0 Å². The van der Waals surface area contributed by atoms with Gasteiger partial charge in [0.05, 0.1) is 18.8 Å². The predicted octanol–water partition coefficient (Wildman–Crippen LogP) is 4.24. The molecule has 3 rings (SSSR count). The van der Waals surface area contributed by atoms with Crippen LogP contribution < -0.4 is 4.72 Å². The van der Waals surface area contributed by atoms with Crippen LogP contribution in [0.1, 0.15) is 5.56 Å². The predicted molar refractivity (Wildman–Crippen MR) is 81.0 cm³/mol. The zero-order valence-corrected chi connectivity index (χ0v) is 12.2. The summed E-state index contributed by atoms with van der Waals surface area (Å²) >= 11 is 7.21. The molecule has 1 atom stereocenters. The minimum atomic E-state index is -0.260. The van der Waals surface area contributed by atoms with Gasteiger partial charge >= 0.3 is 0 Å². The SMILES string of the molecule is Fc1ccc(Cl)cc1-c1ccc(C[C@@H]2COSN2)cc1. The molecule has 1 N–H and O–H groups in total. The summed E-state index contributed by atoms with van der Waals surface area (Å²) in [7, 11) is 0. The van der Waals surface area contributed by atoms with Crippen molar-refractivity contribution in [2.75, 3.05) is 6.61 Å². The summed E-state index contributed by atoms with van der Waals surface area (Å²) in [5, 5.41) is 0.537. The van der Waals surface area contributed by atoms with Crippen LogP contribution in [0.3, 0.4) is 0 Å². The lowest BCUT2D eigenvalue weighted by Crippen LogP contribution is -2.22. The molecule has 0 amide bonds. The molecule has 2 nitrogen and oxygen atoms in total. The zero-order chi connectivity index (χ0) is 13.9. The van der Waals surface area contributed by atoms with Crippen LogP contribution >= 0.6 is 23.8 Å². The van der Waals surface area contributed by atoms with Crippen molar-refractivity contribution >= 4 is 23.8 Å². The highest BCUT2D eigenvalue weighted by molar-refractivity contribution is 7.92. The van der Waals surface area contributed by atoms with Crippen LogP contribution in [0.4, 0.5) is 4.39 Å². The van der Waals surface area contributed by atoms with Gasteiger partial charge in [0, 0.05) is 16.6 Å². The zero-order valence-electron chi connectivity index (χ0n) is 10.6. The van der Waals surface area contributed by atoms with E-state index in [4.69, 9.17) is 15.8 Å². The van der Waals surface area contributed by atoms with Crippen LogP contribution in [0.2, 0.25) is 5.02 Å². The Bertz CT molecular complexity index is 599.